The van der Waals surface area contributed by atoms with Gasteiger partial charge in [-0.3, -0.25) is 19.5 Å². The number of aromatic nitrogens is 5. The number of likely N-dealkylation sites (tertiary alicyclic amines) is 1. The van der Waals surface area contributed by atoms with E-state index in [1.807, 2.05) is 6.20 Å². The van der Waals surface area contributed by atoms with Crippen molar-refractivity contribution in [2.45, 2.75) is 39.2 Å². The second kappa shape index (κ2) is 9.75. The Labute approximate surface area is 212 Å². The van der Waals surface area contributed by atoms with Gasteiger partial charge in [0.05, 0.1) is 33.6 Å². The number of thiazole rings is 1. The molecular formula is C25H28N8O2S. The topological polar surface area (TPSA) is 117 Å². The maximum Gasteiger partial charge on any atom is 0.260 e. The molecule has 0 atom stereocenters. The van der Waals surface area contributed by atoms with Crippen molar-refractivity contribution in [3.63, 3.8) is 0 Å². The number of aryl methyl sites for hydroxylation is 1. The van der Waals surface area contributed by atoms with Gasteiger partial charge in [0.2, 0.25) is 0 Å². The van der Waals surface area contributed by atoms with Crippen molar-refractivity contribution in [1.82, 2.24) is 34.8 Å². The highest BCUT2D eigenvalue weighted by atomic mass is 32.1. The van der Waals surface area contributed by atoms with Crippen LogP contribution in [-0.2, 0) is 0 Å². The molecule has 0 aliphatic carbocycles. The molecule has 10 nitrogen and oxygen atoms in total. The van der Waals surface area contributed by atoms with Crippen LogP contribution in [0.5, 0.6) is 0 Å². The molecule has 186 valence electrons. The van der Waals surface area contributed by atoms with Gasteiger partial charge >= 0.3 is 0 Å². The fourth-order valence-electron chi connectivity index (χ4n) is 4.46. The third-order valence-electron chi connectivity index (χ3n) is 6.62. The molecule has 0 aromatic carbocycles. The average molecular weight is 505 g/mol. The maximum absolute atomic E-state index is 13.1. The van der Waals surface area contributed by atoms with E-state index in [9.17, 15) is 9.59 Å². The summed E-state index contributed by atoms with van der Waals surface area (Å²) in [6.07, 6.45) is 12.2. The second-order valence-electron chi connectivity index (χ2n) is 9.50. The van der Waals surface area contributed by atoms with Crippen molar-refractivity contribution in [1.29, 1.82) is 0 Å². The number of amides is 2. The molecule has 11 heteroatoms. The smallest absolute Gasteiger partial charge is 0.260 e. The summed E-state index contributed by atoms with van der Waals surface area (Å²) in [5.41, 5.74) is 2.97. The molecule has 4 aromatic heterocycles. The first-order valence-corrected chi connectivity index (χ1v) is 12.7. The number of carbonyl (C=O) groups is 2. The molecule has 0 bridgehead atoms. The number of nitrogens with one attached hydrogen (secondary N) is 2. The van der Waals surface area contributed by atoms with E-state index in [1.54, 1.807) is 29.9 Å². The normalized spacial score (nSPS) is 15.3. The number of hydrogen-bond acceptors (Lipinski definition) is 8. The third-order valence-corrected chi connectivity index (χ3v) is 7.78. The Hall–Kier alpha value is -3.70. The number of rotatable bonds is 7. The van der Waals surface area contributed by atoms with Crippen molar-refractivity contribution in [2.75, 3.05) is 25.0 Å². The van der Waals surface area contributed by atoms with Gasteiger partial charge in [-0.2, -0.15) is 5.10 Å². The lowest BCUT2D eigenvalue weighted by Gasteiger charge is -2.31. The van der Waals surface area contributed by atoms with Gasteiger partial charge in [0.1, 0.15) is 11.2 Å². The van der Waals surface area contributed by atoms with Crippen LogP contribution >= 0.6 is 11.3 Å². The van der Waals surface area contributed by atoms with Gasteiger partial charge in [0.25, 0.3) is 11.8 Å². The van der Waals surface area contributed by atoms with E-state index >= 15 is 0 Å². The standard InChI is InChI=1S/C25H28N8O2S/c1-16-20(9-17(12-29-16)22(34)28-6-8-32-7-4-5-25(32,2)3)31-23(35)19-13-30-33-14-21(36-24(19)33)18-10-26-15-27-11-18/h9-15H,4-8H2,1-3H3,(H,28,34)(H,31,35). The predicted octanol–water partition coefficient (Wildman–Crippen LogP) is 3.41. The van der Waals surface area contributed by atoms with E-state index < -0.39 is 0 Å². The minimum absolute atomic E-state index is 0.172. The van der Waals surface area contributed by atoms with E-state index in [1.165, 1.54) is 42.9 Å². The van der Waals surface area contributed by atoms with Gasteiger partial charge in [-0.05, 0) is 46.2 Å². The first-order valence-electron chi connectivity index (χ1n) is 11.9. The van der Waals surface area contributed by atoms with Gasteiger partial charge < -0.3 is 10.6 Å². The summed E-state index contributed by atoms with van der Waals surface area (Å²) in [5.74, 6) is -0.530. The van der Waals surface area contributed by atoms with Crippen LogP contribution in [0.15, 0.2) is 43.4 Å². The largest absolute Gasteiger partial charge is 0.351 e. The minimum Gasteiger partial charge on any atom is -0.351 e. The van der Waals surface area contributed by atoms with Crippen molar-refractivity contribution in [3.8, 4) is 10.4 Å². The highest BCUT2D eigenvalue weighted by Gasteiger charge is 2.31. The Morgan fingerprint density at radius 1 is 1.14 bits per heavy atom. The number of hydrogen-bond donors (Lipinski definition) is 2. The van der Waals surface area contributed by atoms with Gasteiger partial charge in [-0.1, -0.05) is 0 Å². The molecule has 1 saturated heterocycles. The van der Waals surface area contributed by atoms with Crippen LogP contribution in [0, 0.1) is 6.92 Å². The maximum atomic E-state index is 13.1. The van der Waals surface area contributed by atoms with E-state index in [0.717, 1.165) is 23.5 Å². The van der Waals surface area contributed by atoms with Crippen molar-refractivity contribution in [3.05, 3.63) is 60.2 Å². The lowest BCUT2D eigenvalue weighted by molar-refractivity contribution is 0.0938. The summed E-state index contributed by atoms with van der Waals surface area (Å²) in [4.78, 5) is 42.3. The van der Waals surface area contributed by atoms with E-state index in [-0.39, 0.29) is 17.4 Å². The van der Waals surface area contributed by atoms with Crippen LogP contribution in [-0.4, -0.2) is 66.5 Å². The number of anilines is 1. The van der Waals surface area contributed by atoms with Gasteiger partial charge in [-0.25, -0.2) is 14.5 Å². The Kier molecular flexibility index (Phi) is 6.50. The van der Waals surface area contributed by atoms with Crippen molar-refractivity contribution in [2.24, 2.45) is 0 Å². The Balaban J connectivity index is 1.27. The first-order chi connectivity index (χ1) is 17.3. The van der Waals surface area contributed by atoms with Crippen LogP contribution < -0.4 is 10.6 Å². The summed E-state index contributed by atoms with van der Waals surface area (Å²) >= 11 is 1.43. The minimum atomic E-state index is -0.318. The van der Waals surface area contributed by atoms with Gasteiger partial charge in [-0.15, -0.1) is 11.3 Å². The number of fused-ring (bicyclic) bond motifs is 1. The molecule has 5 rings (SSSR count). The van der Waals surface area contributed by atoms with Crippen LogP contribution in [0.25, 0.3) is 15.3 Å². The lowest BCUT2D eigenvalue weighted by atomic mass is 10.0. The van der Waals surface area contributed by atoms with Crippen LogP contribution in [0.2, 0.25) is 0 Å². The molecule has 2 amide bonds. The molecule has 2 N–H and O–H groups in total. The third kappa shape index (κ3) is 4.84. The summed E-state index contributed by atoms with van der Waals surface area (Å²) in [5, 5.41) is 10.2. The predicted molar refractivity (Wildman–Crippen MR) is 138 cm³/mol. The molecule has 0 saturated carbocycles. The Bertz CT molecular complexity index is 1410. The Morgan fingerprint density at radius 3 is 2.69 bits per heavy atom. The quantitative estimate of drug-likeness (QED) is 0.396. The zero-order valence-corrected chi connectivity index (χ0v) is 21.3. The summed E-state index contributed by atoms with van der Waals surface area (Å²) in [6, 6.07) is 1.66. The monoisotopic (exact) mass is 504 g/mol. The van der Waals surface area contributed by atoms with E-state index in [2.05, 4.69) is 49.4 Å². The van der Waals surface area contributed by atoms with Crippen LogP contribution in [0.4, 0.5) is 5.69 Å². The van der Waals surface area contributed by atoms with E-state index in [0.29, 0.717) is 33.9 Å². The van der Waals surface area contributed by atoms with Crippen LogP contribution in [0.3, 0.4) is 0 Å². The molecule has 0 radical (unpaired) electrons. The van der Waals surface area contributed by atoms with E-state index in [4.69, 9.17) is 0 Å². The summed E-state index contributed by atoms with van der Waals surface area (Å²) < 4.78 is 1.67. The molecule has 36 heavy (non-hydrogen) atoms. The number of pyridine rings is 1. The average Bonchev–Trinajstić information content (AvgIpc) is 3.55. The summed E-state index contributed by atoms with van der Waals surface area (Å²) in [7, 11) is 0. The second-order valence-corrected chi connectivity index (χ2v) is 10.5. The zero-order valence-electron chi connectivity index (χ0n) is 20.5. The highest BCUT2D eigenvalue weighted by molar-refractivity contribution is 7.21. The molecule has 0 spiro atoms. The van der Waals surface area contributed by atoms with Gasteiger partial charge in [0.15, 0.2) is 0 Å². The van der Waals surface area contributed by atoms with Gasteiger partial charge in [0, 0.05) is 49.0 Å². The number of nitrogens with zero attached hydrogens (tertiary/aromatic N) is 6. The fourth-order valence-corrected chi connectivity index (χ4v) is 5.49. The SMILES string of the molecule is Cc1ncc(C(=O)NCCN2CCCC2(C)C)cc1NC(=O)c1cnn2cc(-c3cncnc3)sc12. The van der Waals surface area contributed by atoms with Crippen molar-refractivity contribution >= 4 is 33.7 Å². The molecule has 1 aliphatic heterocycles. The molecular weight excluding hydrogens is 476 g/mol. The molecule has 1 aliphatic rings. The lowest BCUT2D eigenvalue weighted by Crippen LogP contribution is -2.43. The highest BCUT2D eigenvalue weighted by Crippen LogP contribution is 2.30. The summed E-state index contributed by atoms with van der Waals surface area (Å²) in [6.45, 7) is 8.68. The first kappa shape index (κ1) is 24.0. The van der Waals surface area contributed by atoms with Crippen LogP contribution in [0.1, 0.15) is 53.1 Å². The molecule has 0 unspecified atom stereocenters. The molecule has 1 fully saturated rings. The molecule has 4 aromatic rings. The Morgan fingerprint density at radius 2 is 1.94 bits per heavy atom. The van der Waals surface area contributed by atoms with Crippen molar-refractivity contribution < 1.29 is 9.59 Å². The number of carbonyl (C=O) groups excluding carboxylic acids is 2. The zero-order chi connectivity index (χ0) is 25.3. The fraction of sp³-hybridized carbons (Fsp3) is 0.360. The molecule has 5 heterocycles.